The Morgan fingerprint density at radius 2 is 2.00 bits per heavy atom. The smallest absolute Gasteiger partial charge is 0.306 e. The van der Waals surface area contributed by atoms with Crippen LogP contribution in [-0.2, 0) is 4.79 Å². The highest BCUT2D eigenvalue weighted by molar-refractivity contribution is 5.68. The minimum absolute atomic E-state index is 0.173. The molecule has 0 radical (unpaired) electrons. The van der Waals surface area contributed by atoms with Crippen LogP contribution in [0.25, 0.3) is 0 Å². The number of benzene rings is 1. The molecule has 0 aromatic heterocycles. The topological polar surface area (TPSA) is 78.8 Å². The van der Waals surface area contributed by atoms with Crippen molar-refractivity contribution in [3.8, 4) is 5.75 Å². The third-order valence-electron chi connectivity index (χ3n) is 3.12. The predicted octanol–water partition coefficient (Wildman–Crippen LogP) is 1.87. The summed E-state index contributed by atoms with van der Waals surface area (Å²) in [5, 5.41) is 21.2. The summed E-state index contributed by atoms with van der Waals surface area (Å²) < 4.78 is 5.39. The number of anilines is 1. The van der Waals surface area contributed by atoms with Gasteiger partial charge >= 0.3 is 5.97 Å². The SMILES string of the molecule is COc1c(C)c(C)cc(C)c1NCC(O)CC(=O)O. The van der Waals surface area contributed by atoms with Gasteiger partial charge in [0.2, 0.25) is 0 Å². The van der Waals surface area contributed by atoms with Crippen molar-refractivity contribution in [2.24, 2.45) is 0 Å². The Hall–Kier alpha value is -1.75. The molecular formula is C14H21NO4. The highest BCUT2D eigenvalue weighted by Gasteiger charge is 2.14. The van der Waals surface area contributed by atoms with Crippen LogP contribution in [0.1, 0.15) is 23.1 Å². The fraction of sp³-hybridized carbons (Fsp3) is 0.500. The molecular weight excluding hydrogens is 246 g/mol. The zero-order valence-electron chi connectivity index (χ0n) is 11.8. The molecule has 0 amide bonds. The van der Waals surface area contributed by atoms with Gasteiger partial charge in [0.05, 0.1) is 25.3 Å². The van der Waals surface area contributed by atoms with Gasteiger partial charge in [-0.05, 0) is 37.5 Å². The standard InChI is InChI=1S/C14H21NO4/c1-8-5-9(2)13(14(19-4)10(8)3)15-7-11(16)6-12(17)18/h5,11,15-16H,6-7H2,1-4H3,(H,17,18). The van der Waals surface area contributed by atoms with Crippen molar-refractivity contribution in [2.75, 3.05) is 19.0 Å². The van der Waals surface area contributed by atoms with Gasteiger partial charge in [-0.25, -0.2) is 0 Å². The van der Waals surface area contributed by atoms with E-state index in [0.717, 1.165) is 28.1 Å². The lowest BCUT2D eigenvalue weighted by Crippen LogP contribution is -2.23. The summed E-state index contributed by atoms with van der Waals surface area (Å²) in [6.07, 6.45) is -1.21. The zero-order valence-corrected chi connectivity index (χ0v) is 11.8. The Kier molecular flexibility index (Phi) is 5.18. The molecule has 3 N–H and O–H groups in total. The van der Waals surface area contributed by atoms with Crippen molar-refractivity contribution in [2.45, 2.75) is 33.3 Å². The van der Waals surface area contributed by atoms with Gasteiger partial charge in [-0.3, -0.25) is 4.79 Å². The number of carboxylic acid groups (broad SMARTS) is 1. The van der Waals surface area contributed by atoms with Crippen LogP contribution >= 0.6 is 0 Å². The van der Waals surface area contributed by atoms with E-state index in [-0.39, 0.29) is 13.0 Å². The van der Waals surface area contributed by atoms with E-state index in [1.54, 1.807) is 7.11 Å². The van der Waals surface area contributed by atoms with Gasteiger partial charge in [-0.2, -0.15) is 0 Å². The molecule has 0 fully saturated rings. The van der Waals surface area contributed by atoms with Gasteiger partial charge in [0.25, 0.3) is 0 Å². The Balaban J connectivity index is 2.89. The third kappa shape index (κ3) is 3.86. The van der Waals surface area contributed by atoms with Crippen LogP contribution in [-0.4, -0.2) is 35.9 Å². The lowest BCUT2D eigenvalue weighted by atomic mass is 10.0. The fourth-order valence-electron chi connectivity index (χ4n) is 2.02. The maximum absolute atomic E-state index is 10.5. The van der Waals surface area contributed by atoms with Gasteiger partial charge in [0.15, 0.2) is 0 Å². The number of aliphatic hydroxyl groups excluding tert-OH is 1. The minimum Gasteiger partial charge on any atom is -0.494 e. The molecule has 0 heterocycles. The summed E-state index contributed by atoms with van der Waals surface area (Å²) >= 11 is 0. The molecule has 0 saturated heterocycles. The Labute approximate surface area is 113 Å². The molecule has 5 heteroatoms. The van der Waals surface area contributed by atoms with Gasteiger partial charge < -0.3 is 20.3 Å². The highest BCUT2D eigenvalue weighted by Crippen LogP contribution is 2.34. The molecule has 1 rings (SSSR count). The quantitative estimate of drug-likeness (QED) is 0.733. The Bertz CT molecular complexity index is 471. The zero-order chi connectivity index (χ0) is 14.6. The average Bonchev–Trinajstić information content (AvgIpc) is 2.31. The number of methoxy groups -OCH3 is 1. The van der Waals surface area contributed by atoms with Crippen molar-refractivity contribution < 1.29 is 19.7 Å². The van der Waals surface area contributed by atoms with Gasteiger partial charge in [-0.1, -0.05) is 6.07 Å². The maximum atomic E-state index is 10.5. The molecule has 0 bridgehead atoms. The fourth-order valence-corrected chi connectivity index (χ4v) is 2.02. The molecule has 1 aromatic rings. The third-order valence-corrected chi connectivity index (χ3v) is 3.12. The first-order chi connectivity index (χ1) is 8.86. The second-order valence-electron chi connectivity index (χ2n) is 4.68. The van der Waals surface area contributed by atoms with Crippen LogP contribution in [0.15, 0.2) is 6.07 Å². The van der Waals surface area contributed by atoms with E-state index in [4.69, 9.17) is 9.84 Å². The van der Waals surface area contributed by atoms with Gasteiger partial charge in [-0.15, -0.1) is 0 Å². The Morgan fingerprint density at radius 1 is 1.37 bits per heavy atom. The highest BCUT2D eigenvalue weighted by atomic mass is 16.5. The summed E-state index contributed by atoms with van der Waals surface area (Å²) in [6.45, 7) is 6.09. The Morgan fingerprint density at radius 3 is 2.53 bits per heavy atom. The van der Waals surface area contributed by atoms with Crippen molar-refractivity contribution in [3.63, 3.8) is 0 Å². The van der Waals surface area contributed by atoms with E-state index in [1.165, 1.54) is 0 Å². The largest absolute Gasteiger partial charge is 0.494 e. The molecule has 19 heavy (non-hydrogen) atoms. The number of aliphatic carboxylic acids is 1. The maximum Gasteiger partial charge on any atom is 0.306 e. The molecule has 0 aliphatic heterocycles. The number of ether oxygens (including phenoxy) is 1. The minimum atomic E-state index is -1.02. The van der Waals surface area contributed by atoms with Crippen LogP contribution in [0.2, 0.25) is 0 Å². The van der Waals surface area contributed by atoms with E-state index in [2.05, 4.69) is 5.32 Å². The van der Waals surface area contributed by atoms with Crippen molar-refractivity contribution in [3.05, 3.63) is 22.8 Å². The van der Waals surface area contributed by atoms with Gasteiger partial charge in [0, 0.05) is 6.54 Å². The first kappa shape index (κ1) is 15.3. The first-order valence-corrected chi connectivity index (χ1v) is 6.15. The molecule has 1 atom stereocenters. The first-order valence-electron chi connectivity index (χ1n) is 6.15. The van der Waals surface area contributed by atoms with Crippen LogP contribution in [0, 0.1) is 20.8 Å². The number of rotatable bonds is 6. The number of carboxylic acids is 1. The molecule has 0 aliphatic rings. The normalized spacial score (nSPS) is 12.1. The van der Waals surface area contributed by atoms with E-state index in [9.17, 15) is 9.90 Å². The van der Waals surface area contributed by atoms with Crippen LogP contribution in [0.4, 0.5) is 5.69 Å². The lowest BCUT2D eigenvalue weighted by molar-refractivity contribution is -0.138. The van der Waals surface area contributed by atoms with E-state index in [1.807, 2.05) is 26.8 Å². The predicted molar refractivity (Wildman–Crippen MR) is 74.0 cm³/mol. The molecule has 0 aliphatic carbocycles. The number of hydrogen-bond donors (Lipinski definition) is 3. The molecule has 0 spiro atoms. The molecule has 106 valence electrons. The van der Waals surface area contributed by atoms with Crippen molar-refractivity contribution in [1.29, 1.82) is 0 Å². The van der Waals surface area contributed by atoms with E-state index < -0.39 is 12.1 Å². The van der Waals surface area contributed by atoms with Crippen molar-refractivity contribution >= 4 is 11.7 Å². The molecule has 1 unspecified atom stereocenters. The number of carbonyl (C=O) groups is 1. The summed E-state index contributed by atoms with van der Waals surface area (Å²) in [5.74, 6) is -0.280. The number of aliphatic hydroxyl groups is 1. The van der Waals surface area contributed by atoms with E-state index >= 15 is 0 Å². The van der Waals surface area contributed by atoms with E-state index in [0.29, 0.717) is 0 Å². The van der Waals surface area contributed by atoms with Gasteiger partial charge in [0.1, 0.15) is 5.75 Å². The lowest BCUT2D eigenvalue weighted by Gasteiger charge is -2.19. The summed E-state index contributed by atoms with van der Waals surface area (Å²) in [6, 6.07) is 2.03. The average molecular weight is 267 g/mol. The molecule has 1 aromatic carbocycles. The number of hydrogen-bond acceptors (Lipinski definition) is 4. The second-order valence-corrected chi connectivity index (χ2v) is 4.68. The van der Waals surface area contributed by atoms with Crippen LogP contribution in [0.3, 0.4) is 0 Å². The monoisotopic (exact) mass is 267 g/mol. The van der Waals surface area contributed by atoms with Crippen molar-refractivity contribution in [1.82, 2.24) is 0 Å². The van der Waals surface area contributed by atoms with Crippen LogP contribution in [0.5, 0.6) is 5.75 Å². The second kappa shape index (κ2) is 6.43. The summed E-state index contributed by atoms with van der Waals surface area (Å²) in [4.78, 5) is 10.5. The summed E-state index contributed by atoms with van der Waals surface area (Å²) in [7, 11) is 1.60. The molecule has 0 saturated carbocycles. The summed E-state index contributed by atoms with van der Waals surface area (Å²) in [5.41, 5.74) is 3.96. The number of aryl methyl sites for hydroxylation is 2. The number of nitrogens with one attached hydrogen (secondary N) is 1. The van der Waals surface area contributed by atoms with Crippen LogP contribution < -0.4 is 10.1 Å². The molecule has 5 nitrogen and oxygen atoms in total.